The zero-order valence-electron chi connectivity index (χ0n) is 15.9. The molecule has 142 valence electrons. The zero-order valence-corrected chi connectivity index (χ0v) is 16.7. The molecule has 0 aliphatic heterocycles. The number of aromatic nitrogens is 2. The maximum Gasteiger partial charge on any atom is 0.191 e. The van der Waals surface area contributed by atoms with E-state index in [1.807, 2.05) is 16.9 Å². The largest absolute Gasteiger partial charge is 0.357 e. The number of nitrogens with one attached hydrogen (secondary N) is 2. The standard InChI is InChI=1S/C21H27N5S/c1-3-22-21(23-11-17(2)20-9-10-27-16-20)24-12-19-13-25-26(15-19)14-18-7-5-4-6-8-18/h4-10,13,15-17H,3,11-12,14H2,1-2H3,(H2,22,23,24). The Bertz CT molecular complexity index is 823. The first-order valence-electron chi connectivity index (χ1n) is 9.34. The SMILES string of the molecule is CCNC(=NCc1cnn(Cc2ccccc2)c1)NCC(C)c1ccsc1. The second kappa shape index (κ2) is 9.92. The summed E-state index contributed by atoms with van der Waals surface area (Å²) in [6, 6.07) is 12.5. The molecule has 0 radical (unpaired) electrons. The van der Waals surface area contributed by atoms with Gasteiger partial charge in [0.2, 0.25) is 0 Å². The molecular weight excluding hydrogens is 354 g/mol. The van der Waals surface area contributed by atoms with Crippen LogP contribution < -0.4 is 10.6 Å². The molecule has 0 saturated heterocycles. The molecule has 2 heterocycles. The summed E-state index contributed by atoms with van der Waals surface area (Å²) in [7, 11) is 0. The number of nitrogens with zero attached hydrogens (tertiary/aromatic N) is 3. The van der Waals surface area contributed by atoms with Crippen molar-refractivity contribution in [2.75, 3.05) is 13.1 Å². The lowest BCUT2D eigenvalue weighted by atomic mass is 10.1. The lowest BCUT2D eigenvalue weighted by Gasteiger charge is -2.15. The lowest BCUT2D eigenvalue weighted by molar-refractivity contribution is 0.686. The number of hydrogen-bond acceptors (Lipinski definition) is 3. The van der Waals surface area contributed by atoms with Crippen molar-refractivity contribution in [3.8, 4) is 0 Å². The maximum atomic E-state index is 4.70. The van der Waals surface area contributed by atoms with E-state index in [0.29, 0.717) is 12.5 Å². The predicted octanol–water partition coefficient (Wildman–Crippen LogP) is 3.85. The minimum Gasteiger partial charge on any atom is -0.357 e. The van der Waals surface area contributed by atoms with Crippen molar-refractivity contribution in [2.45, 2.75) is 32.9 Å². The van der Waals surface area contributed by atoms with Crippen LogP contribution in [-0.4, -0.2) is 28.8 Å². The topological polar surface area (TPSA) is 54.2 Å². The van der Waals surface area contributed by atoms with Crippen molar-refractivity contribution in [3.63, 3.8) is 0 Å². The van der Waals surface area contributed by atoms with Gasteiger partial charge in [-0.3, -0.25) is 4.68 Å². The minimum atomic E-state index is 0.453. The van der Waals surface area contributed by atoms with Crippen molar-refractivity contribution in [1.82, 2.24) is 20.4 Å². The van der Waals surface area contributed by atoms with Gasteiger partial charge in [0.1, 0.15) is 0 Å². The molecule has 3 rings (SSSR count). The van der Waals surface area contributed by atoms with E-state index in [-0.39, 0.29) is 0 Å². The quantitative estimate of drug-likeness (QED) is 0.460. The second-order valence-corrected chi connectivity index (χ2v) is 7.35. The van der Waals surface area contributed by atoms with Crippen molar-refractivity contribution >= 4 is 17.3 Å². The van der Waals surface area contributed by atoms with Gasteiger partial charge in [0.25, 0.3) is 0 Å². The van der Waals surface area contributed by atoms with Gasteiger partial charge in [-0.15, -0.1) is 0 Å². The van der Waals surface area contributed by atoms with Crippen LogP contribution >= 0.6 is 11.3 Å². The van der Waals surface area contributed by atoms with Crippen LogP contribution in [0.25, 0.3) is 0 Å². The highest BCUT2D eigenvalue weighted by Crippen LogP contribution is 2.17. The van der Waals surface area contributed by atoms with Gasteiger partial charge in [0.05, 0.1) is 19.3 Å². The molecular formula is C21H27N5S. The number of aliphatic imine (C=N–C) groups is 1. The molecule has 27 heavy (non-hydrogen) atoms. The van der Waals surface area contributed by atoms with Gasteiger partial charge in [-0.2, -0.15) is 16.4 Å². The van der Waals surface area contributed by atoms with Gasteiger partial charge in [0, 0.05) is 24.8 Å². The van der Waals surface area contributed by atoms with E-state index >= 15 is 0 Å². The maximum absolute atomic E-state index is 4.70. The summed E-state index contributed by atoms with van der Waals surface area (Å²) in [6.45, 7) is 7.39. The summed E-state index contributed by atoms with van der Waals surface area (Å²) in [4.78, 5) is 4.70. The Labute approximate surface area is 165 Å². The van der Waals surface area contributed by atoms with E-state index < -0.39 is 0 Å². The Hall–Kier alpha value is -2.60. The van der Waals surface area contributed by atoms with Crippen molar-refractivity contribution in [1.29, 1.82) is 0 Å². The van der Waals surface area contributed by atoms with Crippen LogP contribution in [0.2, 0.25) is 0 Å². The molecule has 0 saturated carbocycles. The molecule has 3 aromatic rings. The van der Waals surface area contributed by atoms with Crippen LogP contribution in [-0.2, 0) is 13.1 Å². The molecule has 1 aromatic carbocycles. The van der Waals surface area contributed by atoms with E-state index in [4.69, 9.17) is 4.99 Å². The highest BCUT2D eigenvalue weighted by Gasteiger charge is 2.07. The zero-order chi connectivity index (χ0) is 18.9. The van der Waals surface area contributed by atoms with E-state index in [9.17, 15) is 0 Å². The van der Waals surface area contributed by atoms with Gasteiger partial charge in [-0.25, -0.2) is 4.99 Å². The van der Waals surface area contributed by atoms with Crippen LogP contribution in [0.15, 0.2) is 64.5 Å². The lowest BCUT2D eigenvalue weighted by Crippen LogP contribution is -2.39. The Morgan fingerprint density at radius 1 is 1.19 bits per heavy atom. The third-order valence-electron chi connectivity index (χ3n) is 4.33. The van der Waals surface area contributed by atoms with E-state index in [1.54, 1.807) is 11.3 Å². The highest BCUT2D eigenvalue weighted by atomic mass is 32.1. The molecule has 0 aliphatic rings. The molecule has 0 bridgehead atoms. The van der Waals surface area contributed by atoms with E-state index in [2.05, 4.69) is 76.9 Å². The molecule has 2 aromatic heterocycles. The second-order valence-electron chi connectivity index (χ2n) is 6.57. The van der Waals surface area contributed by atoms with Gasteiger partial charge < -0.3 is 10.6 Å². The van der Waals surface area contributed by atoms with Gasteiger partial charge in [0.15, 0.2) is 5.96 Å². The Morgan fingerprint density at radius 2 is 2.04 bits per heavy atom. The molecule has 0 fully saturated rings. The van der Waals surface area contributed by atoms with Crippen molar-refractivity contribution < 1.29 is 0 Å². The first kappa shape index (κ1) is 19.2. The monoisotopic (exact) mass is 381 g/mol. The summed E-state index contributed by atoms with van der Waals surface area (Å²) < 4.78 is 1.96. The third kappa shape index (κ3) is 5.96. The van der Waals surface area contributed by atoms with Gasteiger partial charge in [-0.05, 0) is 40.8 Å². The van der Waals surface area contributed by atoms with E-state index in [1.165, 1.54) is 11.1 Å². The Balaban J connectivity index is 1.55. The highest BCUT2D eigenvalue weighted by molar-refractivity contribution is 7.07. The molecule has 6 heteroatoms. The van der Waals surface area contributed by atoms with E-state index in [0.717, 1.165) is 31.2 Å². The number of rotatable bonds is 8. The minimum absolute atomic E-state index is 0.453. The van der Waals surface area contributed by atoms with Crippen molar-refractivity contribution in [3.05, 3.63) is 76.2 Å². The molecule has 1 unspecified atom stereocenters. The smallest absolute Gasteiger partial charge is 0.191 e. The van der Waals surface area contributed by atoms with Gasteiger partial charge >= 0.3 is 0 Å². The number of hydrogen-bond donors (Lipinski definition) is 2. The first-order valence-corrected chi connectivity index (χ1v) is 10.3. The summed E-state index contributed by atoms with van der Waals surface area (Å²) in [5.41, 5.74) is 3.72. The summed E-state index contributed by atoms with van der Waals surface area (Å²) >= 11 is 1.74. The molecule has 2 N–H and O–H groups in total. The van der Waals surface area contributed by atoms with Crippen LogP contribution in [0.4, 0.5) is 0 Å². The average Bonchev–Trinajstić information content (AvgIpc) is 3.37. The Morgan fingerprint density at radius 3 is 2.78 bits per heavy atom. The molecule has 5 nitrogen and oxygen atoms in total. The van der Waals surface area contributed by atoms with Gasteiger partial charge in [-0.1, -0.05) is 37.3 Å². The fourth-order valence-electron chi connectivity index (χ4n) is 2.78. The fraction of sp³-hybridized carbons (Fsp3) is 0.333. The summed E-state index contributed by atoms with van der Waals surface area (Å²) in [5, 5.41) is 15.5. The average molecular weight is 382 g/mol. The summed E-state index contributed by atoms with van der Waals surface area (Å²) in [6.07, 6.45) is 3.96. The van der Waals surface area contributed by atoms with Crippen LogP contribution in [0.1, 0.15) is 36.5 Å². The van der Waals surface area contributed by atoms with Crippen LogP contribution in [0.3, 0.4) is 0 Å². The predicted molar refractivity (Wildman–Crippen MR) is 113 cm³/mol. The molecule has 0 aliphatic carbocycles. The fourth-order valence-corrected chi connectivity index (χ4v) is 3.56. The van der Waals surface area contributed by atoms with Crippen LogP contribution in [0.5, 0.6) is 0 Å². The van der Waals surface area contributed by atoms with Crippen molar-refractivity contribution in [2.24, 2.45) is 4.99 Å². The molecule has 0 amide bonds. The summed E-state index contributed by atoms with van der Waals surface area (Å²) in [5.74, 6) is 1.30. The number of guanidine groups is 1. The molecule has 0 spiro atoms. The Kier molecular flexibility index (Phi) is 7.04. The normalized spacial score (nSPS) is 12.7. The van der Waals surface area contributed by atoms with Crippen LogP contribution in [0, 0.1) is 0 Å². The number of benzene rings is 1. The molecule has 1 atom stereocenters. The number of thiophene rings is 1. The third-order valence-corrected chi connectivity index (χ3v) is 5.03. The first-order chi connectivity index (χ1) is 13.2.